The highest BCUT2D eigenvalue weighted by molar-refractivity contribution is 9.11. The van der Waals surface area contributed by atoms with E-state index in [2.05, 4.69) is 15.9 Å². The van der Waals surface area contributed by atoms with Gasteiger partial charge in [-0.3, -0.25) is 4.79 Å². The van der Waals surface area contributed by atoms with Crippen LogP contribution in [-0.2, 0) is 14.8 Å². The number of halogens is 1. The van der Waals surface area contributed by atoms with Gasteiger partial charge in [0.1, 0.15) is 4.21 Å². The van der Waals surface area contributed by atoms with Gasteiger partial charge in [0.25, 0.3) is 10.0 Å². The summed E-state index contributed by atoms with van der Waals surface area (Å²) in [5.41, 5.74) is 0. The molecule has 0 N–H and O–H groups in total. The molecule has 1 aliphatic heterocycles. The third kappa shape index (κ3) is 4.11. The van der Waals surface area contributed by atoms with E-state index < -0.39 is 21.9 Å². The lowest BCUT2D eigenvalue weighted by atomic mass is 10.00. The fourth-order valence-corrected chi connectivity index (χ4v) is 6.50. The second-order valence-corrected chi connectivity index (χ2v) is 10.5. The first-order valence-electron chi connectivity index (χ1n) is 8.02. The van der Waals surface area contributed by atoms with Crippen LogP contribution in [0.4, 0.5) is 0 Å². The fraction of sp³-hybridized carbons (Fsp3) is 0.353. The first kappa shape index (κ1) is 19.3. The minimum atomic E-state index is -3.60. The van der Waals surface area contributed by atoms with Crippen molar-refractivity contribution in [1.82, 2.24) is 4.31 Å². The maximum atomic E-state index is 12.8. The Balaban J connectivity index is 1.73. The van der Waals surface area contributed by atoms with E-state index >= 15 is 0 Å². The molecule has 6 nitrogen and oxygen atoms in total. The van der Waals surface area contributed by atoms with E-state index in [1.54, 1.807) is 36.4 Å². The second kappa shape index (κ2) is 8.08. The normalized spacial score (nSPS) is 18.5. The minimum absolute atomic E-state index is 0.117. The first-order valence-corrected chi connectivity index (χ1v) is 11.1. The average Bonchev–Trinajstić information content (AvgIpc) is 3.09. The number of nitrogens with zero attached hydrogens (tertiary/aromatic N) is 1. The zero-order valence-electron chi connectivity index (χ0n) is 14.1. The summed E-state index contributed by atoms with van der Waals surface area (Å²) in [4.78, 5) is 12.5. The van der Waals surface area contributed by atoms with Gasteiger partial charge in [0, 0.05) is 13.1 Å². The predicted octanol–water partition coefficient (Wildman–Crippen LogP) is 3.53. The second-order valence-electron chi connectivity index (χ2n) is 5.83. The van der Waals surface area contributed by atoms with Crippen molar-refractivity contribution in [2.45, 2.75) is 17.1 Å². The SMILES string of the molecule is COc1ccccc1OC(=O)[C@H]1CCCN(S(=O)(=O)c2ccc(Br)s2)C1. The van der Waals surface area contributed by atoms with Crippen LogP contribution in [0.15, 0.2) is 44.4 Å². The van der Waals surface area contributed by atoms with Crippen molar-refractivity contribution in [2.75, 3.05) is 20.2 Å². The van der Waals surface area contributed by atoms with E-state index in [0.717, 1.165) is 15.1 Å². The van der Waals surface area contributed by atoms with Gasteiger partial charge in [0.15, 0.2) is 11.5 Å². The molecule has 1 aromatic heterocycles. The Morgan fingerprint density at radius 3 is 2.62 bits per heavy atom. The molecule has 0 amide bonds. The average molecular weight is 460 g/mol. The Morgan fingerprint density at radius 2 is 1.96 bits per heavy atom. The highest BCUT2D eigenvalue weighted by atomic mass is 79.9. The Hall–Kier alpha value is -1.42. The van der Waals surface area contributed by atoms with Crippen LogP contribution < -0.4 is 9.47 Å². The smallest absolute Gasteiger partial charge is 0.315 e. The largest absolute Gasteiger partial charge is 0.493 e. The molecule has 0 radical (unpaired) electrons. The highest BCUT2D eigenvalue weighted by Crippen LogP contribution is 2.32. The highest BCUT2D eigenvalue weighted by Gasteiger charge is 2.35. The molecule has 0 aliphatic carbocycles. The topological polar surface area (TPSA) is 72.9 Å². The van der Waals surface area contributed by atoms with E-state index in [1.807, 2.05) is 0 Å². The standard InChI is InChI=1S/C17H18BrNO5S2/c1-23-13-6-2-3-7-14(13)24-17(20)12-5-4-10-19(11-12)26(21,22)16-9-8-15(18)25-16/h2-3,6-9,12H,4-5,10-11H2,1H3/t12-/m0/s1. The molecule has 1 aliphatic rings. The van der Waals surface area contributed by atoms with Gasteiger partial charge >= 0.3 is 5.97 Å². The van der Waals surface area contributed by atoms with Gasteiger partial charge in [-0.2, -0.15) is 4.31 Å². The number of methoxy groups -OCH3 is 1. The number of hydrogen-bond acceptors (Lipinski definition) is 6. The van der Waals surface area contributed by atoms with Crippen molar-refractivity contribution in [3.8, 4) is 11.5 Å². The van der Waals surface area contributed by atoms with Gasteiger partial charge in [0.2, 0.25) is 0 Å². The van der Waals surface area contributed by atoms with Crippen molar-refractivity contribution in [2.24, 2.45) is 5.92 Å². The van der Waals surface area contributed by atoms with Crippen molar-refractivity contribution < 1.29 is 22.7 Å². The van der Waals surface area contributed by atoms with Gasteiger partial charge in [-0.15, -0.1) is 11.3 Å². The van der Waals surface area contributed by atoms with E-state index in [-0.39, 0.29) is 10.8 Å². The molecule has 26 heavy (non-hydrogen) atoms. The molecule has 0 unspecified atom stereocenters. The van der Waals surface area contributed by atoms with Gasteiger partial charge in [-0.1, -0.05) is 12.1 Å². The zero-order valence-corrected chi connectivity index (χ0v) is 17.3. The monoisotopic (exact) mass is 459 g/mol. The van der Waals surface area contributed by atoms with Crippen molar-refractivity contribution in [3.05, 3.63) is 40.2 Å². The van der Waals surface area contributed by atoms with Crippen molar-refractivity contribution in [3.63, 3.8) is 0 Å². The van der Waals surface area contributed by atoms with Gasteiger partial charge in [0.05, 0.1) is 16.8 Å². The molecule has 1 saturated heterocycles. The number of carbonyl (C=O) groups is 1. The molecule has 2 heterocycles. The van der Waals surface area contributed by atoms with Crippen LogP contribution in [0, 0.1) is 5.92 Å². The molecule has 2 aromatic rings. The summed E-state index contributed by atoms with van der Waals surface area (Å²) in [5.74, 6) is -0.152. The number of para-hydroxylation sites is 2. The lowest BCUT2D eigenvalue weighted by molar-refractivity contribution is -0.140. The van der Waals surface area contributed by atoms with E-state index in [1.165, 1.54) is 11.4 Å². The molecule has 1 atom stereocenters. The summed E-state index contributed by atoms with van der Waals surface area (Å²) in [6, 6.07) is 10.2. The number of thiophene rings is 1. The van der Waals surface area contributed by atoms with Gasteiger partial charge in [-0.05, 0) is 53.0 Å². The Bertz CT molecular complexity index is 896. The number of hydrogen-bond donors (Lipinski definition) is 0. The van der Waals surface area contributed by atoms with Crippen molar-refractivity contribution >= 4 is 43.3 Å². The lowest BCUT2D eigenvalue weighted by Crippen LogP contribution is -2.43. The maximum Gasteiger partial charge on any atom is 0.315 e. The molecular weight excluding hydrogens is 442 g/mol. The van der Waals surface area contributed by atoms with Crippen LogP contribution in [0.2, 0.25) is 0 Å². The van der Waals surface area contributed by atoms with E-state index in [4.69, 9.17) is 9.47 Å². The maximum absolute atomic E-state index is 12.8. The molecule has 0 bridgehead atoms. The number of sulfonamides is 1. The number of carbonyl (C=O) groups excluding carboxylic acids is 1. The number of ether oxygens (including phenoxy) is 2. The third-order valence-electron chi connectivity index (χ3n) is 4.14. The summed E-state index contributed by atoms with van der Waals surface area (Å²) in [6.45, 7) is 0.516. The van der Waals surface area contributed by atoms with Crippen molar-refractivity contribution in [1.29, 1.82) is 0 Å². The fourth-order valence-electron chi connectivity index (χ4n) is 2.81. The number of benzene rings is 1. The summed E-state index contributed by atoms with van der Waals surface area (Å²) < 4.78 is 38.6. The van der Waals surface area contributed by atoms with Gasteiger partial charge in [-0.25, -0.2) is 8.42 Å². The molecule has 140 valence electrons. The number of esters is 1. The number of rotatable bonds is 5. The molecule has 1 aromatic carbocycles. The molecule has 1 fully saturated rings. The lowest BCUT2D eigenvalue weighted by Gasteiger charge is -2.30. The Labute approximate surface area is 164 Å². The van der Waals surface area contributed by atoms with Crippen LogP contribution >= 0.6 is 27.3 Å². The zero-order chi connectivity index (χ0) is 18.7. The molecule has 0 spiro atoms. The van der Waals surface area contributed by atoms with Crippen LogP contribution in [0.25, 0.3) is 0 Å². The van der Waals surface area contributed by atoms with Crippen LogP contribution in [0.1, 0.15) is 12.8 Å². The van der Waals surface area contributed by atoms with Crippen LogP contribution in [0.5, 0.6) is 11.5 Å². The molecule has 0 saturated carbocycles. The summed E-state index contributed by atoms with van der Waals surface area (Å²) in [5, 5.41) is 0. The van der Waals surface area contributed by atoms with Gasteiger partial charge < -0.3 is 9.47 Å². The van der Waals surface area contributed by atoms with Crippen LogP contribution in [0.3, 0.4) is 0 Å². The molecular formula is C17H18BrNO5S2. The van der Waals surface area contributed by atoms with E-state index in [0.29, 0.717) is 30.9 Å². The van der Waals surface area contributed by atoms with E-state index in [9.17, 15) is 13.2 Å². The first-order chi connectivity index (χ1) is 12.4. The quantitative estimate of drug-likeness (QED) is 0.504. The Morgan fingerprint density at radius 1 is 1.23 bits per heavy atom. The summed E-state index contributed by atoms with van der Waals surface area (Å²) in [6.07, 6.45) is 1.20. The third-order valence-corrected chi connectivity index (χ3v) is 8.10. The number of piperidine rings is 1. The minimum Gasteiger partial charge on any atom is -0.493 e. The van der Waals surface area contributed by atoms with Crippen LogP contribution in [-0.4, -0.2) is 38.9 Å². The summed E-state index contributed by atoms with van der Waals surface area (Å²) >= 11 is 4.44. The molecule has 9 heteroatoms. The Kier molecular flexibility index (Phi) is 6.01. The summed E-state index contributed by atoms with van der Waals surface area (Å²) in [7, 11) is -2.10. The molecule has 3 rings (SSSR count). The predicted molar refractivity (Wildman–Crippen MR) is 102 cm³/mol.